The molecule has 2 aromatic rings. The van der Waals surface area contributed by atoms with Gasteiger partial charge in [0, 0.05) is 44.8 Å². The second-order valence-electron chi connectivity index (χ2n) is 6.71. The van der Waals surface area contributed by atoms with Crippen LogP contribution in [0.4, 0.5) is 0 Å². The molecule has 0 aliphatic carbocycles. The van der Waals surface area contributed by atoms with Gasteiger partial charge >= 0.3 is 0 Å². The molecular formula is C20H23Cl2N3O. The third-order valence-corrected chi connectivity index (χ3v) is 5.37. The Morgan fingerprint density at radius 3 is 2.46 bits per heavy atom. The van der Waals surface area contributed by atoms with E-state index in [4.69, 9.17) is 23.2 Å². The molecule has 0 saturated carbocycles. The molecule has 0 bridgehead atoms. The van der Waals surface area contributed by atoms with Crippen LogP contribution in [0.2, 0.25) is 10.0 Å². The van der Waals surface area contributed by atoms with Gasteiger partial charge < -0.3 is 10.2 Å². The molecule has 6 heteroatoms. The van der Waals surface area contributed by atoms with Crippen LogP contribution in [-0.2, 0) is 13.1 Å². The predicted octanol–water partition coefficient (Wildman–Crippen LogP) is 3.67. The van der Waals surface area contributed by atoms with Crippen molar-refractivity contribution in [1.82, 2.24) is 15.1 Å². The molecule has 1 heterocycles. The Labute approximate surface area is 164 Å². The van der Waals surface area contributed by atoms with Crippen molar-refractivity contribution in [2.45, 2.75) is 13.1 Å². The summed E-state index contributed by atoms with van der Waals surface area (Å²) in [7, 11) is 2.16. The van der Waals surface area contributed by atoms with Crippen molar-refractivity contribution in [2.75, 3.05) is 33.2 Å². The van der Waals surface area contributed by atoms with Gasteiger partial charge in [0.1, 0.15) is 0 Å². The smallest absolute Gasteiger partial charge is 0.251 e. The minimum atomic E-state index is -0.159. The van der Waals surface area contributed by atoms with Crippen LogP contribution < -0.4 is 5.32 Å². The van der Waals surface area contributed by atoms with Crippen LogP contribution in [0, 0.1) is 0 Å². The highest BCUT2D eigenvalue weighted by molar-refractivity contribution is 6.42. The summed E-state index contributed by atoms with van der Waals surface area (Å²) in [6, 6.07) is 13.3. The molecule has 0 radical (unpaired) electrons. The number of rotatable bonds is 5. The zero-order valence-electron chi connectivity index (χ0n) is 14.8. The molecule has 1 aliphatic rings. The standard InChI is InChI=1S/C20H23Cl2N3O/c1-24-7-9-25(10-8-24)14-16-4-2-3-15(11-16)13-23-20(26)17-5-6-18(21)19(22)12-17/h2-6,11-12H,7-10,13-14H2,1H3,(H,23,26). The van der Waals surface area contributed by atoms with Crippen LogP contribution in [0.5, 0.6) is 0 Å². The summed E-state index contributed by atoms with van der Waals surface area (Å²) in [6.45, 7) is 5.83. The average Bonchev–Trinajstić information content (AvgIpc) is 2.64. The highest BCUT2D eigenvalue weighted by Gasteiger charge is 2.14. The molecule has 26 heavy (non-hydrogen) atoms. The van der Waals surface area contributed by atoms with Crippen LogP contribution in [-0.4, -0.2) is 48.9 Å². The van der Waals surface area contributed by atoms with Crippen molar-refractivity contribution in [3.63, 3.8) is 0 Å². The number of piperazine rings is 1. The highest BCUT2D eigenvalue weighted by atomic mass is 35.5. The fraction of sp³-hybridized carbons (Fsp3) is 0.350. The van der Waals surface area contributed by atoms with E-state index in [1.165, 1.54) is 5.56 Å². The monoisotopic (exact) mass is 391 g/mol. The Morgan fingerprint density at radius 1 is 1.00 bits per heavy atom. The van der Waals surface area contributed by atoms with Crippen molar-refractivity contribution in [3.8, 4) is 0 Å². The van der Waals surface area contributed by atoms with E-state index in [0.717, 1.165) is 38.3 Å². The maximum atomic E-state index is 12.3. The van der Waals surface area contributed by atoms with E-state index < -0.39 is 0 Å². The first kappa shape index (κ1) is 19.2. The van der Waals surface area contributed by atoms with E-state index in [0.29, 0.717) is 22.2 Å². The second-order valence-corrected chi connectivity index (χ2v) is 7.53. The summed E-state index contributed by atoms with van der Waals surface area (Å²) < 4.78 is 0. The Balaban J connectivity index is 1.56. The van der Waals surface area contributed by atoms with Gasteiger partial charge in [0.2, 0.25) is 0 Å². The second kappa shape index (κ2) is 8.87. The molecule has 1 amide bonds. The van der Waals surface area contributed by atoms with Crippen molar-refractivity contribution < 1.29 is 4.79 Å². The van der Waals surface area contributed by atoms with E-state index in [-0.39, 0.29) is 5.91 Å². The van der Waals surface area contributed by atoms with Gasteiger partial charge in [-0.25, -0.2) is 0 Å². The SMILES string of the molecule is CN1CCN(Cc2cccc(CNC(=O)c3ccc(Cl)c(Cl)c3)c2)CC1. The zero-order chi connectivity index (χ0) is 18.5. The number of likely N-dealkylation sites (N-methyl/N-ethyl adjacent to an activating group) is 1. The molecule has 1 aliphatic heterocycles. The van der Waals surface area contributed by atoms with E-state index >= 15 is 0 Å². The van der Waals surface area contributed by atoms with Gasteiger partial charge in [-0.15, -0.1) is 0 Å². The van der Waals surface area contributed by atoms with Gasteiger partial charge in [0.15, 0.2) is 0 Å². The number of amides is 1. The summed E-state index contributed by atoms with van der Waals surface area (Å²) in [4.78, 5) is 17.1. The molecule has 1 N–H and O–H groups in total. The molecule has 0 spiro atoms. The Hall–Kier alpha value is -1.59. The van der Waals surface area contributed by atoms with Gasteiger partial charge in [0.05, 0.1) is 10.0 Å². The van der Waals surface area contributed by atoms with Crippen molar-refractivity contribution in [1.29, 1.82) is 0 Å². The minimum Gasteiger partial charge on any atom is -0.348 e. The number of benzene rings is 2. The van der Waals surface area contributed by atoms with Gasteiger partial charge in [-0.2, -0.15) is 0 Å². The van der Waals surface area contributed by atoms with Gasteiger partial charge in [-0.3, -0.25) is 9.69 Å². The van der Waals surface area contributed by atoms with Crippen molar-refractivity contribution in [3.05, 3.63) is 69.2 Å². The molecule has 2 aromatic carbocycles. The molecule has 0 aromatic heterocycles. The summed E-state index contributed by atoms with van der Waals surface area (Å²) >= 11 is 11.9. The summed E-state index contributed by atoms with van der Waals surface area (Å²) in [5.74, 6) is -0.159. The van der Waals surface area contributed by atoms with Crippen LogP contribution in [0.15, 0.2) is 42.5 Å². The molecule has 0 atom stereocenters. The molecule has 3 rings (SSSR count). The van der Waals surface area contributed by atoms with Crippen molar-refractivity contribution in [2.24, 2.45) is 0 Å². The van der Waals surface area contributed by atoms with Crippen LogP contribution in [0.25, 0.3) is 0 Å². The number of halogens is 2. The van der Waals surface area contributed by atoms with Crippen LogP contribution in [0.1, 0.15) is 21.5 Å². The first-order valence-corrected chi connectivity index (χ1v) is 9.49. The third kappa shape index (κ3) is 5.21. The van der Waals surface area contributed by atoms with E-state index in [2.05, 4.69) is 34.3 Å². The largest absolute Gasteiger partial charge is 0.348 e. The van der Waals surface area contributed by atoms with Gasteiger partial charge in [0.25, 0.3) is 5.91 Å². The number of hydrogen-bond acceptors (Lipinski definition) is 3. The van der Waals surface area contributed by atoms with Gasteiger partial charge in [-0.05, 0) is 36.4 Å². The third-order valence-electron chi connectivity index (χ3n) is 4.63. The summed E-state index contributed by atoms with van der Waals surface area (Å²) in [6.07, 6.45) is 0. The molecule has 1 fully saturated rings. The molecule has 0 unspecified atom stereocenters. The molecule has 138 valence electrons. The minimum absolute atomic E-state index is 0.159. The lowest BCUT2D eigenvalue weighted by atomic mass is 10.1. The number of carbonyl (C=O) groups excluding carboxylic acids is 1. The topological polar surface area (TPSA) is 35.6 Å². The normalized spacial score (nSPS) is 15.8. The highest BCUT2D eigenvalue weighted by Crippen LogP contribution is 2.22. The number of hydrogen-bond donors (Lipinski definition) is 1. The van der Waals surface area contributed by atoms with Crippen molar-refractivity contribution >= 4 is 29.1 Å². The Kier molecular flexibility index (Phi) is 6.54. The van der Waals surface area contributed by atoms with E-state index in [1.807, 2.05) is 12.1 Å². The maximum absolute atomic E-state index is 12.3. The average molecular weight is 392 g/mol. The lowest BCUT2D eigenvalue weighted by molar-refractivity contribution is 0.0951. The summed E-state index contributed by atoms with van der Waals surface area (Å²) in [5.41, 5.74) is 2.87. The molecule has 1 saturated heterocycles. The van der Waals surface area contributed by atoms with E-state index in [9.17, 15) is 4.79 Å². The number of carbonyl (C=O) groups is 1. The Bertz CT molecular complexity index is 773. The van der Waals surface area contributed by atoms with Crippen LogP contribution >= 0.6 is 23.2 Å². The first-order chi connectivity index (χ1) is 12.5. The molecular weight excluding hydrogens is 369 g/mol. The fourth-order valence-corrected chi connectivity index (χ4v) is 3.32. The van der Waals surface area contributed by atoms with E-state index in [1.54, 1.807) is 18.2 Å². The van der Waals surface area contributed by atoms with Crippen LogP contribution in [0.3, 0.4) is 0 Å². The summed E-state index contributed by atoms with van der Waals surface area (Å²) in [5, 5.41) is 3.76. The lowest BCUT2D eigenvalue weighted by Crippen LogP contribution is -2.43. The zero-order valence-corrected chi connectivity index (χ0v) is 16.4. The fourth-order valence-electron chi connectivity index (χ4n) is 3.02. The number of nitrogens with zero attached hydrogens (tertiary/aromatic N) is 2. The predicted molar refractivity (Wildman–Crippen MR) is 107 cm³/mol. The Morgan fingerprint density at radius 2 is 1.73 bits per heavy atom. The van der Waals surface area contributed by atoms with Gasteiger partial charge in [-0.1, -0.05) is 47.5 Å². The quantitative estimate of drug-likeness (QED) is 0.844. The molecule has 4 nitrogen and oxygen atoms in total. The number of nitrogens with one attached hydrogen (secondary N) is 1. The maximum Gasteiger partial charge on any atom is 0.251 e. The lowest BCUT2D eigenvalue weighted by Gasteiger charge is -2.32. The first-order valence-electron chi connectivity index (χ1n) is 8.73.